The van der Waals surface area contributed by atoms with Crippen molar-refractivity contribution >= 4 is 40.3 Å². The fourth-order valence-electron chi connectivity index (χ4n) is 4.45. The molecule has 2 atom stereocenters. The fraction of sp³-hybridized carbons (Fsp3) is 0.320. The summed E-state index contributed by atoms with van der Waals surface area (Å²) >= 11 is 13.1. The van der Waals surface area contributed by atoms with Crippen LogP contribution in [0.5, 0.6) is 0 Å². The van der Waals surface area contributed by atoms with E-state index >= 15 is 0 Å². The van der Waals surface area contributed by atoms with Gasteiger partial charge in [0, 0.05) is 6.54 Å². The summed E-state index contributed by atoms with van der Waals surface area (Å²) in [6.45, 7) is 4.65. The third-order valence-electron chi connectivity index (χ3n) is 6.21. The predicted molar refractivity (Wildman–Crippen MR) is 135 cm³/mol. The molecule has 176 valence electrons. The maximum atomic E-state index is 13.7. The molecular formula is C25H25Cl2FN6. The zero-order chi connectivity index (χ0) is 23.7. The number of nitrogens with one attached hydrogen (secondary N) is 2. The van der Waals surface area contributed by atoms with Gasteiger partial charge in [0.25, 0.3) is 0 Å². The van der Waals surface area contributed by atoms with Gasteiger partial charge in [0.2, 0.25) is 5.95 Å². The lowest BCUT2D eigenvalue weighted by molar-refractivity contribution is 0.341. The molecule has 2 aromatic carbocycles. The number of rotatable bonds is 6. The first-order valence-corrected chi connectivity index (χ1v) is 12.2. The first-order valence-electron chi connectivity index (χ1n) is 11.4. The van der Waals surface area contributed by atoms with Crippen molar-refractivity contribution in [3.63, 3.8) is 0 Å². The van der Waals surface area contributed by atoms with Crippen molar-refractivity contribution in [3.8, 4) is 11.4 Å². The second-order valence-electron chi connectivity index (χ2n) is 8.68. The molecule has 0 amide bonds. The Morgan fingerprint density at radius 1 is 1.18 bits per heavy atom. The molecule has 1 aliphatic heterocycles. The molecule has 6 nitrogen and oxygen atoms in total. The van der Waals surface area contributed by atoms with E-state index in [1.807, 2.05) is 31.2 Å². The largest absolute Gasteiger partial charge is 0.348 e. The minimum atomic E-state index is -0.275. The Labute approximate surface area is 207 Å². The Balaban J connectivity index is 1.56. The summed E-state index contributed by atoms with van der Waals surface area (Å²) in [5.74, 6) is 1.29. The zero-order valence-electron chi connectivity index (χ0n) is 18.7. The molecule has 0 spiro atoms. The van der Waals surface area contributed by atoms with Gasteiger partial charge in [0.05, 0.1) is 27.8 Å². The molecular weight excluding hydrogens is 474 g/mol. The van der Waals surface area contributed by atoms with Crippen molar-refractivity contribution < 1.29 is 4.39 Å². The molecule has 1 fully saturated rings. The van der Waals surface area contributed by atoms with Gasteiger partial charge in [0.15, 0.2) is 5.65 Å². The van der Waals surface area contributed by atoms with Crippen LogP contribution in [0.4, 0.5) is 10.3 Å². The third kappa shape index (κ3) is 4.73. The standard InChI is InChI=1S/C25H25Cl2FN6/c1-15(17-6-2-7-18(28)11-17)31-25-30-13-21-23(33-25)34(14-16-5-4-10-29-12-16)24(32-21)22-19(26)8-3-9-20(22)27/h2-3,6-9,11,13,15-16,29H,4-5,10,12,14H2,1H3,(H,30,31,33)/t15-,16+/m0/s1. The Morgan fingerprint density at radius 2 is 1.97 bits per heavy atom. The van der Waals surface area contributed by atoms with Crippen LogP contribution in [0.1, 0.15) is 31.4 Å². The second-order valence-corrected chi connectivity index (χ2v) is 9.49. The molecule has 0 aliphatic carbocycles. The number of hydrogen-bond donors (Lipinski definition) is 2. The SMILES string of the molecule is C[C@H](Nc1ncc2nc(-c3c(Cl)cccc3Cl)n(C[C@@H]3CCCNC3)c2n1)c1cccc(F)c1. The Kier molecular flexibility index (Phi) is 6.68. The molecule has 4 aromatic rings. The van der Waals surface area contributed by atoms with Crippen molar-refractivity contribution in [3.05, 3.63) is 70.1 Å². The van der Waals surface area contributed by atoms with Crippen LogP contribution >= 0.6 is 23.2 Å². The highest BCUT2D eigenvalue weighted by Crippen LogP contribution is 2.36. The van der Waals surface area contributed by atoms with Gasteiger partial charge in [-0.25, -0.2) is 14.4 Å². The lowest BCUT2D eigenvalue weighted by atomic mass is 9.99. The van der Waals surface area contributed by atoms with Crippen molar-refractivity contribution in [2.45, 2.75) is 32.4 Å². The van der Waals surface area contributed by atoms with Gasteiger partial charge >= 0.3 is 0 Å². The van der Waals surface area contributed by atoms with Crippen molar-refractivity contribution in [1.82, 2.24) is 24.8 Å². The van der Waals surface area contributed by atoms with E-state index in [9.17, 15) is 4.39 Å². The topological polar surface area (TPSA) is 67.7 Å². The van der Waals surface area contributed by atoms with Crippen LogP contribution in [0.15, 0.2) is 48.7 Å². The number of nitrogens with zero attached hydrogens (tertiary/aromatic N) is 4. The predicted octanol–water partition coefficient (Wildman–Crippen LogP) is 6.11. The summed E-state index contributed by atoms with van der Waals surface area (Å²) in [4.78, 5) is 14.1. The summed E-state index contributed by atoms with van der Waals surface area (Å²) < 4.78 is 15.8. The van der Waals surface area contributed by atoms with Crippen LogP contribution in [-0.2, 0) is 6.54 Å². The molecule has 3 heterocycles. The summed E-state index contributed by atoms with van der Waals surface area (Å²) in [6.07, 6.45) is 3.95. The number of fused-ring (bicyclic) bond motifs is 1. The molecule has 0 unspecified atom stereocenters. The first-order chi connectivity index (χ1) is 16.5. The van der Waals surface area contributed by atoms with Gasteiger partial charge in [-0.05, 0) is 68.6 Å². The highest BCUT2D eigenvalue weighted by Gasteiger charge is 2.23. The fourth-order valence-corrected chi connectivity index (χ4v) is 5.02. The molecule has 0 saturated carbocycles. The van der Waals surface area contributed by atoms with E-state index < -0.39 is 0 Å². The van der Waals surface area contributed by atoms with Crippen molar-refractivity contribution in [1.29, 1.82) is 0 Å². The molecule has 1 aliphatic rings. The third-order valence-corrected chi connectivity index (χ3v) is 6.84. The molecule has 2 aromatic heterocycles. The summed E-state index contributed by atoms with van der Waals surface area (Å²) in [7, 11) is 0. The number of halogens is 3. The van der Waals surface area contributed by atoms with Crippen molar-refractivity contribution in [2.24, 2.45) is 5.92 Å². The number of hydrogen-bond acceptors (Lipinski definition) is 5. The van der Waals surface area contributed by atoms with Crippen LogP contribution in [0, 0.1) is 11.7 Å². The van der Waals surface area contributed by atoms with Crippen molar-refractivity contribution in [2.75, 3.05) is 18.4 Å². The lowest BCUT2D eigenvalue weighted by Crippen LogP contribution is -2.32. The van der Waals surface area contributed by atoms with E-state index in [2.05, 4.69) is 20.2 Å². The molecule has 5 rings (SSSR count). The lowest BCUT2D eigenvalue weighted by Gasteiger charge is -2.24. The second kappa shape index (κ2) is 9.86. The van der Waals surface area contributed by atoms with E-state index in [0.717, 1.165) is 38.0 Å². The van der Waals surface area contributed by atoms with E-state index in [1.54, 1.807) is 12.3 Å². The summed E-state index contributed by atoms with van der Waals surface area (Å²) in [6, 6.07) is 11.8. The van der Waals surface area contributed by atoms with Crippen LogP contribution in [0.3, 0.4) is 0 Å². The van der Waals surface area contributed by atoms with Crippen LogP contribution < -0.4 is 10.6 Å². The maximum absolute atomic E-state index is 13.7. The van der Waals surface area contributed by atoms with E-state index in [1.165, 1.54) is 12.1 Å². The number of benzene rings is 2. The van der Waals surface area contributed by atoms with Crippen LogP contribution in [0.2, 0.25) is 10.0 Å². The van der Waals surface area contributed by atoms with Gasteiger partial charge in [-0.3, -0.25) is 0 Å². The van der Waals surface area contributed by atoms with E-state index in [-0.39, 0.29) is 11.9 Å². The molecule has 2 N–H and O–H groups in total. The minimum absolute atomic E-state index is 0.176. The Morgan fingerprint density at radius 3 is 2.71 bits per heavy atom. The van der Waals surface area contributed by atoms with Gasteiger partial charge in [-0.1, -0.05) is 41.4 Å². The highest BCUT2D eigenvalue weighted by molar-refractivity contribution is 6.39. The maximum Gasteiger partial charge on any atom is 0.225 e. The number of aromatic nitrogens is 4. The van der Waals surface area contributed by atoms with Crippen LogP contribution in [0.25, 0.3) is 22.6 Å². The van der Waals surface area contributed by atoms with Gasteiger partial charge < -0.3 is 15.2 Å². The summed E-state index contributed by atoms with van der Waals surface area (Å²) in [5, 5.41) is 7.84. The van der Waals surface area contributed by atoms with Gasteiger partial charge in [-0.15, -0.1) is 0 Å². The average Bonchev–Trinajstić information content (AvgIpc) is 3.17. The first kappa shape index (κ1) is 23.0. The molecule has 34 heavy (non-hydrogen) atoms. The van der Waals surface area contributed by atoms with Crippen LogP contribution in [-0.4, -0.2) is 32.6 Å². The zero-order valence-corrected chi connectivity index (χ0v) is 20.2. The Hall–Kier alpha value is -2.74. The minimum Gasteiger partial charge on any atom is -0.348 e. The summed E-state index contributed by atoms with van der Waals surface area (Å²) in [5.41, 5.74) is 2.88. The molecule has 0 bridgehead atoms. The average molecular weight is 499 g/mol. The number of piperidine rings is 1. The molecule has 1 saturated heterocycles. The molecule has 0 radical (unpaired) electrons. The highest BCUT2D eigenvalue weighted by atomic mass is 35.5. The van der Waals surface area contributed by atoms with Gasteiger partial charge in [-0.2, -0.15) is 4.98 Å². The van der Waals surface area contributed by atoms with E-state index in [0.29, 0.717) is 44.5 Å². The quantitative estimate of drug-likeness (QED) is 0.335. The monoisotopic (exact) mass is 498 g/mol. The number of anilines is 1. The smallest absolute Gasteiger partial charge is 0.225 e. The number of imidazole rings is 1. The Bertz CT molecular complexity index is 1300. The normalized spacial score (nSPS) is 17.1. The van der Waals surface area contributed by atoms with E-state index in [4.69, 9.17) is 33.2 Å². The molecule has 9 heteroatoms. The van der Waals surface area contributed by atoms with Gasteiger partial charge in [0.1, 0.15) is 17.2 Å².